The summed E-state index contributed by atoms with van der Waals surface area (Å²) >= 11 is 0. The zero-order valence-corrected chi connectivity index (χ0v) is 14.4. The second kappa shape index (κ2) is 7.17. The van der Waals surface area contributed by atoms with E-state index in [2.05, 4.69) is 6.08 Å². The molecule has 1 N–H and O–H groups in total. The van der Waals surface area contributed by atoms with Crippen molar-refractivity contribution in [3.8, 4) is 11.5 Å². The number of carboxylic acid groups (broad SMARTS) is 1. The lowest BCUT2D eigenvalue weighted by Gasteiger charge is -2.51. The Balaban J connectivity index is 1.83. The zero-order valence-electron chi connectivity index (χ0n) is 14.4. The number of rotatable bonds is 6. The van der Waals surface area contributed by atoms with Gasteiger partial charge in [0.15, 0.2) is 18.1 Å². The molecule has 1 aliphatic carbocycles. The maximum Gasteiger partial charge on any atom is 0.341 e. The Bertz CT molecular complexity index is 693. The summed E-state index contributed by atoms with van der Waals surface area (Å²) in [6.07, 6.45) is 8.36. The molecule has 0 radical (unpaired) electrons. The molecule has 1 saturated carbocycles. The first kappa shape index (κ1) is 17.3. The number of benzene rings is 1. The van der Waals surface area contributed by atoms with E-state index in [0.29, 0.717) is 30.2 Å². The van der Waals surface area contributed by atoms with E-state index in [1.165, 1.54) is 0 Å². The van der Waals surface area contributed by atoms with Crippen LogP contribution in [0.4, 0.5) is 0 Å². The first-order valence-corrected chi connectivity index (χ1v) is 8.64. The van der Waals surface area contributed by atoms with Crippen LogP contribution in [-0.2, 0) is 4.79 Å². The van der Waals surface area contributed by atoms with E-state index in [-0.39, 0.29) is 11.4 Å². The predicted molar refractivity (Wildman–Crippen MR) is 92.1 cm³/mol. The molecular weight excluding hydrogens is 322 g/mol. The lowest BCUT2D eigenvalue weighted by atomic mass is 9.71. The van der Waals surface area contributed by atoms with Gasteiger partial charge in [-0.05, 0) is 50.8 Å². The Labute approximate surface area is 147 Å². The molecule has 0 atom stereocenters. The Morgan fingerprint density at radius 2 is 2.00 bits per heavy atom. The molecule has 1 amide bonds. The number of carbonyl (C=O) groups excluding carboxylic acids is 1. The smallest absolute Gasteiger partial charge is 0.341 e. The number of hydrogen-bond acceptors (Lipinski definition) is 4. The minimum atomic E-state index is -1.06. The molecule has 0 unspecified atom stereocenters. The number of ether oxygens (including phenoxy) is 2. The molecule has 134 valence electrons. The highest BCUT2D eigenvalue weighted by Crippen LogP contribution is 2.43. The van der Waals surface area contributed by atoms with Gasteiger partial charge in [0.2, 0.25) is 0 Å². The van der Waals surface area contributed by atoms with Gasteiger partial charge in [-0.15, -0.1) is 0 Å². The number of nitrogens with zero attached hydrogens (tertiary/aromatic N) is 1. The van der Waals surface area contributed by atoms with Crippen molar-refractivity contribution >= 4 is 11.9 Å². The number of amides is 1. The molecule has 0 bridgehead atoms. The van der Waals surface area contributed by atoms with Gasteiger partial charge >= 0.3 is 5.97 Å². The van der Waals surface area contributed by atoms with E-state index in [0.717, 1.165) is 25.7 Å². The highest BCUT2D eigenvalue weighted by atomic mass is 16.5. The Morgan fingerprint density at radius 1 is 1.20 bits per heavy atom. The molecule has 0 saturated heterocycles. The van der Waals surface area contributed by atoms with Crippen molar-refractivity contribution in [2.24, 2.45) is 0 Å². The molecule has 3 rings (SSSR count). The number of aliphatic carboxylic acids is 1. The van der Waals surface area contributed by atoms with Gasteiger partial charge in [-0.1, -0.05) is 12.2 Å². The third kappa shape index (κ3) is 3.48. The molecule has 1 heterocycles. The quantitative estimate of drug-likeness (QED) is 0.802. The zero-order chi connectivity index (χ0) is 17.9. The highest BCUT2D eigenvalue weighted by Gasteiger charge is 2.44. The van der Waals surface area contributed by atoms with Crippen molar-refractivity contribution in [1.29, 1.82) is 0 Å². The number of carbonyl (C=O) groups is 2. The van der Waals surface area contributed by atoms with Crippen LogP contribution in [-0.4, -0.2) is 47.2 Å². The van der Waals surface area contributed by atoms with Gasteiger partial charge in [0.05, 0.1) is 6.61 Å². The lowest BCUT2D eigenvalue weighted by Crippen LogP contribution is -2.57. The fourth-order valence-electron chi connectivity index (χ4n) is 3.47. The van der Waals surface area contributed by atoms with Gasteiger partial charge in [0, 0.05) is 17.6 Å². The van der Waals surface area contributed by atoms with Crippen molar-refractivity contribution in [1.82, 2.24) is 4.90 Å². The van der Waals surface area contributed by atoms with Gasteiger partial charge in [0.25, 0.3) is 5.91 Å². The first-order chi connectivity index (χ1) is 12.1. The van der Waals surface area contributed by atoms with Crippen molar-refractivity contribution in [3.05, 3.63) is 35.9 Å². The molecule has 1 aliphatic heterocycles. The number of hydrogen-bond donors (Lipinski definition) is 1. The Morgan fingerprint density at radius 3 is 2.64 bits per heavy atom. The van der Waals surface area contributed by atoms with E-state index in [1.54, 1.807) is 18.2 Å². The predicted octanol–water partition coefficient (Wildman–Crippen LogP) is 2.87. The third-order valence-corrected chi connectivity index (χ3v) is 4.90. The Kier molecular flexibility index (Phi) is 4.97. The van der Waals surface area contributed by atoms with Crippen molar-refractivity contribution < 1.29 is 24.2 Å². The van der Waals surface area contributed by atoms with Crippen LogP contribution >= 0.6 is 0 Å². The molecular formula is C19H23NO5. The minimum absolute atomic E-state index is 0.0187. The van der Waals surface area contributed by atoms with Crippen LogP contribution in [0.25, 0.3) is 0 Å². The van der Waals surface area contributed by atoms with Crippen molar-refractivity contribution in [3.63, 3.8) is 0 Å². The molecule has 1 spiro atoms. The summed E-state index contributed by atoms with van der Waals surface area (Å²) in [5.41, 5.74) is 0.503. The molecule has 2 aliphatic rings. The van der Waals surface area contributed by atoms with E-state index < -0.39 is 12.6 Å². The maximum atomic E-state index is 13.0. The highest BCUT2D eigenvalue weighted by molar-refractivity contribution is 5.95. The Hall–Kier alpha value is -2.50. The average Bonchev–Trinajstić information content (AvgIpc) is 2.58. The molecule has 6 heteroatoms. The summed E-state index contributed by atoms with van der Waals surface area (Å²) in [5, 5.41) is 8.77. The average molecular weight is 345 g/mol. The summed E-state index contributed by atoms with van der Waals surface area (Å²) in [5.74, 6) is -0.355. The summed E-state index contributed by atoms with van der Waals surface area (Å²) < 4.78 is 10.8. The first-order valence-electron chi connectivity index (χ1n) is 8.64. The second-order valence-electron chi connectivity index (χ2n) is 6.45. The van der Waals surface area contributed by atoms with Gasteiger partial charge < -0.3 is 19.5 Å². The van der Waals surface area contributed by atoms with Crippen LogP contribution in [0.5, 0.6) is 11.5 Å². The fourth-order valence-corrected chi connectivity index (χ4v) is 3.47. The largest absolute Gasteiger partial charge is 0.490 e. The molecule has 1 aromatic carbocycles. The van der Waals surface area contributed by atoms with E-state index in [1.807, 2.05) is 17.9 Å². The summed E-state index contributed by atoms with van der Waals surface area (Å²) in [6.45, 7) is 2.40. The van der Waals surface area contributed by atoms with Gasteiger partial charge in [0.1, 0.15) is 0 Å². The second-order valence-corrected chi connectivity index (χ2v) is 6.45. The minimum Gasteiger partial charge on any atom is -0.490 e. The normalized spacial score (nSPS) is 17.9. The van der Waals surface area contributed by atoms with Gasteiger partial charge in [-0.25, -0.2) is 4.79 Å². The van der Waals surface area contributed by atoms with Crippen LogP contribution in [0.1, 0.15) is 43.0 Å². The van der Waals surface area contributed by atoms with Gasteiger partial charge in [-0.3, -0.25) is 4.79 Å². The molecule has 0 aromatic heterocycles. The van der Waals surface area contributed by atoms with Crippen LogP contribution in [0.3, 0.4) is 0 Å². The molecule has 1 fully saturated rings. The van der Waals surface area contributed by atoms with Crippen molar-refractivity contribution in [2.75, 3.05) is 19.8 Å². The summed E-state index contributed by atoms with van der Waals surface area (Å²) in [6, 6.07) is 4.93. The van der Waals surface area contributed by atoms with Crippen LogP contribution in [0.2, 0.25) is 0 Å². The van der Waals surface area contributed by atoms with Gasteiger partial charge in [-0.2, -0.15) is 0 Å². The SMILES string of the molecule is CCOc1cc(C(=O)N2CC=CCC23CCC3)ccc1OCC(=O)O. The van der Waals surface area contributed by atoms with Crippen LogP contribution in [0, 0.1) is 0 Å². The number of carboxylic acids is 1. The van der Waals surface area contributed by atoms with E-state index in [4.69, 9.17) is 14.6 Å². The van der Waals surface area contributed by atoms with E-state index >= 15 is 0 Å². The maximum absolute atomic E-state index is 13.0. The standard InChI is InChI=1S/C19H23NO5/c1-2-24-16-12-14(6-7-15(16)25-13-17(21)22)18(23)20-11-4-3-8-19(20)9-5-10-19/h3-4,6-7,12H,2,5,8-11,13H2,1H3,(H,21,22). The lowest BCUT2D eigenvalue weighted by molar-refractivity contribution is -0.139. The molecule has 25 heavy (non-hydrogen) atoms. The summed E-state index contributed by atoms with van der Waals surface area (Å²) in [4.78, 5) is 25.7. The topological polar surface area (TPSA) is 76.1 Å². The molecule has 6 nitrogen and oxygen atoms in total. The third-order valence-electron chi connectivity index (χ3n) is 4.90. The van der Waals surface area contributed by atoms with Crippen LogP contribution < -0.4 is 9.47 Å². The van der Waals surface area contributed by atoms with E-state index in [9.17, 15) is 9.59 Å². The summed E-state index contributed by atoms with van der Waals surface area (Å²) in [7, 11) is 0. The van der Waals surface area contributed by atoms with Crippen molar-refractivity contribution in [2.45, 2.75) is 38.1 Å². The van der Waals surface area contributed by atoms with Crippen LogP contribution in [0.15, 0.2) is 30.4 Å². The molecule has 1 aromatic rings. The monoisotopic (exact) mass is 345 g/mol. The fraction of sp³-hybridized carbons (Fsp3) is 0.474.